The molecule has 0 bridgehead atoms. The lowest BCUT2D eigenvalue weighted by molar-refractivity contribution is -0.134. The fourth-order valence-electron chi connectivity index (χ4n) is 3.22. The van der Waals surface area contributed by atoms with Gasteiger partial charge in [0.15, 0.2) is 6.61 Å². The summed E-state index contributed by atoms with van der Waals surface area (Å²) in [4.78, 5) is 28.6. The molecular formula is C20H25N3O5. The standard InChI is InChI=1S/C20H25N3O5/c1-4-17-19(14(2)28-21-17)20(25)27-13-18(24)23-11-9-22(10-12-23)15-5-7-16(26-3)8-6-15/h5-8H,4,9-13H2,1-3H3. The van der Waals surface area contributed by atoms with Crippen LogP contribution in [0.4, 0.5) is 5.69 Å². The SMILES string of the molecule is CCc1noc(C)c1C(=O)OCC(=O)N1CCN(c2ccc(OC)cc2)CC1. The molecular weight excluding hydrogens is 362 g/mol. The van der Waals surface area contributed by atoms with Crippen LogP contribution in [0.15, 0.2) is 28.8 Å². The van der Waals surface area contributed by atoms with E-state index >= 15 is 0 Å². The Bertz CT molecular complexity index is 823. The summed E-state index contributed by atoms with van der Waals surface area (Å²) >= 11 is 0. The van der Waals surface area contributed by atoms with E-state index in [9.17, 15) is 9.59 Å². The molecule has 2 heterocycles. The van der Waals surface area contributed by atoms with Crippen LogP contribution in [0.3, 0.4) is 0 Å². The summed E-state index contributed by atoms with van der Waals surface area (Å²) in [6, 6.07) is 7.85. The zero-order valence-corrected chi connectivity index (χ0v) is 16.4. The molecule has 0 N–H and O–H groups in total. The number of hydrogen-bond acceptors (Lipinski definition) is 7. The number of carbonyl (C=O) groups excluding carboxylic acids is 2. The van der Waals surface area contributed by atoms with E-state index in [1.165, 1.54) is 0 Å². The van der Waals surface area contributed by atoms with Gasteiger partial charge in [0.05, 0.1) is 12.8 Å². The molecule has 28 heavy (non-hydrogen) atoms. The molecule has 1 aliphatic heterocycles. The number of esters is 1. The van der Waals surface area contributed by atoms with Crippen LogP contribution >= 0.6 is 0 Å². The Balaban J connectivity index is 1.49. The van der Waals surface area contributed by atoms with Crippen molar-refractivity contribution in [2.75, 3.05) is 44.8 Å². The molecule has 0 spiro atoms. The monoisotopic (exact) mass is 387 g/mol. The first-order chi connectivity index (χ1) is 13.5. The molecule has 0 radical (unpaired) electrons. The Labute approximate surface area is 164 Å². The predicted octanol–water partition coefficient (Wildman–Crippen LogP) is 2.06. The van der Waals surface area contributed by atoms with Crippen molar-refractivity contribution in [1.82, 2.24) is 10.1 Å². The maximum atomic E-state index is 12.4. The molecule has 1 fully saturated rings. The second kappa shape index (κ2) is 8.77. The second-order valence-corrected chi connectivity index (χ2v) is 6.56. The summed E-state index contributed by atoms with van der Waals surface area (Å²) in [5, 5.41) is 3.84. The van der Waals surface area contributed by atoms with Crippen molar-refractivity contribution in [1.29, 1.82) is 0 Å². The number of hydrogen-bond donors (Lipinski definition) is 0. The number of aryl methyl sites for hydroxylation is 2. The third-order valence-electron chi connectivity index (χ3n) is 4.87. The van der Waals surface area contributed by atoms with Gasteiger partial charge in [-0.25, -0.2) is 4.79 Å². The molecule has 1 aromatic heterocycles. The van der Waals surface area contributed by atoms with Gasteiger partial charge in [0.25, 0.3) is 5.91 Å². The third-order valence-corrected chi connectivity index (χ3v) is 4.87. The molecule has 0 aliphatic carbocycles. The highest BCUT2D eigenvalue weighted by atomic mass is 16.5. The number of benzene rings is 1. The lowest BCUT2D eigenvalue weighted by Gasteiger charge is -2.36. The van der Waals surface area contributed by atoms with E-state index in [1.54, 1.807) is 18.9 Å². The maximum Gasteiger partial charge on any atom is 0.344 e. The van der Waals surface area contributed by atoms with Crippen LogP contribution in [-0.4, -0.2) is 61.8 Å². The van der Waals surface area contributed by atoms with Crippen LogP contribution in [0.25, 0.3) is 0 Å². The van der Waals surface area contributed by atoms with Gasteiger partial charge < -0.3 is 23.8 Å². The third kappa shape index (κ3) is 4.27. The van der Waals surface area contributed by atoms with Crippen molar-refractivity contribution in [2.45, 2.75) is 20.3 Å². The molecule has 0 saturated carbocycles. The van der Waals surface area contributed by atoms with E-state index in [4.69, 9.17) is 14.0 Å². The normalized spacial score (nSPS) is 14.1. The summed E-state index contributed by atoms with van der Waals surface area (Å²) in [7, 11) is 1.64. The Morgan fingerprint density at radius 2 is 1.82 bits per heavy atom. The molecule has 8 heteroatoms. The molecule has 1 aliphatic rings. The van der Waals surface area contributed by atoms with Crippen molar-refractivity contribution >= 4 is 17.6 Å². The number of anilines is 1. The number of amides is 1. The lowest BCUT2D eigenvalue weighted by atomic mass is 10.1. The largest absolute Gasteiger partial charge is 0.497 e. The Hall–Kier alpha value is -3.03. The molecule has 2 aromatic rings. The van der Waals surface area contributed by atoms with Crippen LogP contribution in [0.2, 0.25) is 0 Å². The van der Waals surface area contributed by atoms with Gasteiger partial charge in [-0.3, -0.25) is 4.79 Å². The zero-order valence-electron chi connectivity index (χ0n) is 16.4. The highest BCUT2D eigenvalue weighted by molar-refractivity contribution is 5.93. The van der Waals surface area contributed by atoms with E-state index in [2.05, 4.69) is 10.1 Å². The minimum absolute atomic E-state index is 0.199. The second-order valence-electron chi connectivity index (χ2n) is 6.56. The average molecular weight is 387 g/mol. The van der Waals surface area contributed by atoms with E-state index in [0.29, 0.717) is 36.5 Å². The van der Waals surface area contributed by atoms with Crippen molar-refractivity contribution in [2.24, 2.45) is 0 Å². The minimum atomic E-state index is -0.569. The quantitative estimate of drug-likeness (QED) is 0.702. The predicted molar refractivity (Wildman–Crippen MR) is 103 cm³/mol. The number of ether oxygens (including phenoxy) is 2. The van der Waals surface area contributed by atoms with Crippen LogP contribution in [0, 0.1) is 6.92 Å². The van der Waals surface area contributed by atoms with Gasteiger partial charge in [0.2, 0.25) is 0 Å². The fourth-order valence-corrected chi connectivity index (χ4v) is 3.22. The van der Waals surface area contributed by atoms with Gasteiger partial charge in [0.1, 0.15) is 17.1 Å². The number of rotatable bonds is 6. The molecule has 150 valence electrons. The maximum absolute atomic E-state index is 12.4. The van der Waals surface area contributed by atoms with Crippen LogP contribution < -0.4 is 9.64 Å². The van der Waals surface area contributed by atoms with Crippen molar-refractivity contribution < 1.29 is 23.6 Å². The van der Waals surface area contributed by atoms with Crippen LogP contribution in [0.1, 0.15) is 28.7 Å². The summed E-state index contributed by atoms with van der Waals surface area (Å²) < 4.78 is 15.4. The first-order valence-electron chi connectivity index (χ1n) is 9.32. The number of nitrogens with zero attached hydrogens (tertiary/aromatic N) is 3. The van der Waals surface area contributed by atoms with Crippen LogP contribution in [-0.2, 0) is 16.0 Å². The summed E-state index contributed by atoms with van der Waals surface area (Å²) in [5.74, 6) is 0.451. The number of methoxy groups -OCH3 is 1. The van der Waals surface area contributed by atoms with Gasteiger partial charge in [-0.2, -0.15) is 0 Å². The van der Waals surface area contributed by atoms with Crippen molar-refractivity contribution in [3.63, 3.8) is 0 Å². The molecule has 1 saturated heterocycles. The zero-order chi connectivity index (χ0) is 20.1. The molecule has 1 amide bonds. The van der Waals surface area contributed by atoms with Crippen molar-refractivity contribution in [3.05, 3.63) is 41.3 Å². The Kier molecular flexibility index (Phi) is 6.18. The number of carbonyl (C=O) groups is 2. The molecule has 1 aromatic carbocycles. The Morgan fingerprint density at radius 3 is 2.43 bits per heavy atom. The lowest BCUT2D eigenvalue weighted by Crippen LogP contribution is -2.49. The molecule has 8 nitrogen and oxygen atoms in total. The van der Waals surface area contributed by atoms with Gasteiger partial charge in [-0.05, 0) is 37.6 Å². The average Bonchev–Trinajstić information content (AvgIpc) is 3.12. The highest BCUT2D eigenvalue weighted by Crippen LogP contribution is 2.20. The van der Waals surface area contributed by atoms with Gasteiger partial charge in [0, 0.05) is 31.9 Å². The number of aromatic nitrogens is 1. The molecule has 3 rings (SSSR count). The topological polar surface area (TPSA) is 85.1 Å². The van der Waals surface area contributed by atoms with Gasteiger partial charge in [-0.1, -0.05) is 12.1 Å². The van der Waals surface area contributed by atoms with Crippen molar-refractivity contribution in [3.8, 4) is 5.75 Å². The summed E-state index contributed by atoms with van der Waals surface area (Å²) in [6.45, 7) is 5.84. The van der Waals surface area contributed by atoms with Gasteiger partial charge in [-0.15, -0.1) is 0 Å². The fraction of sp³-hybridized carbons (Fsp3) is 0.450. The van der Waals surface area contributed by atoms with E-state index in [-0.39, 0.29) is 12.5 Å². The van der Waals surface area contributed by atoms with E-state index in [1.807, 2.05) is 31.2 Å². The highest BCUT2D eigenvalue weighted by Gasteiger charge is 2.25. The summed E-state index contributed by atoms with van der Waals surface area (Å²) in [6.07, 6.45) is 0.559. The smallest absolute Gasteiger partial charge is 0.344 e. The molecule has 0 atom stereocenters. The van der Waals surface area contributed by atoms with E-state index in [0.717, 1.165) is 24.5 Å². The molecule has 0 unspecified atom stereocenters. The van der Waals surface area contributed by atoms with E-state index < -0.39 is 5.97 Å². The van der Waals surface area contributed by atoms with Gasteiger partial charge >= 0.3 is 5.97 Å². The Morgan fingerprint density at radius 1 is 1.14 bits per heavy atom. The first-order valence-corrected chi connectivity index (χ1v) is 9.32. The minimum Gasteiger partial charge on any atom is -0.497 e. The first kappa shape index (κ1) is 19.7. The van der Waals surface area contributed by atoms with Crippen LogP contribution in [0.5, 0.6) is 5.75 Å². The summed E-state index contributed by atoms with van der Waals surface area (Å²) in [5.41, 5.74) is 1.96. The number of piperazine rings is 1.